The summed E-state index contributed by atoms with van der Waals surface area (Å²) < 4.78 is 5.62. The van der Waals surface area contributed by atoms with Crippen LogP contribution in [0, 0.1) is 12.8 Å². The minimum Gasteiger partial charge on any atom is -0.476 e. The van der Waals surface area contributed by atoms with Crippen LogP contribution in [0.4, 0.5) is 0 Å². The zero-order valence-corrected chi connectivity index (χ0v) is 13.6. The second kappa shape index (κ2) is 8.05. The number of rotatable bonds is 8. The van der Waals surface area contributed by atoms with Crippen LogP contribution in [-0.2, 0) is 13.0 Å². The van der Waals surface area contributed by atoms with Gasteiger partial charge in [-0.05, 0) is 19.4 Å². The van der Waals surface area contributed by atoms with Crippen LogP contribution in [0.15, 0.2) is 17.9 Å². The van der Waals surface area contributed by atoms with E-state index in [4.69, 9.17) is 4.74 Å². The molecule has 0 spiro atoms. The van der Waals surface area contributed by atoms with E-state index < -0.39 is 0 Å². The molecule has 0 saturated heterocycles. The summed E-state index contributed by atoms with van der Waals surface area (Å²) in [4.78, 5) is 14.1. The molecule has 2 rings (SSSR count). The van der Waals surface area contributed by atoms with Crippen molar-refractivity contribution in [1.29, 1.82) is 0 Å². The Morgan fingerprint density at radius 3 is 2.71 bits per heavy atom. The fourth-order valence-corrected chi connectivity index (χ4v) is 2.57. The van der Waals surface area contributed by atoms with Crippen LogP contribution in [0.1, 0.15) is 30.1 Å². The van der Waals surface area contributed by atoms with E-state index in [2.05, 4.69) is 34.1 Å². The fraction of sp³-hybridized carbons (Fsp3) is 0.533. The summed E-state index contributed by atoms with van der Waals surface area (Å²) in [5.74, 6) is 1.21. The zero-order valence-electron chi connectivity index (χ0n) is 12.8. The number of aromatic nitrogens is 3. The Morgan fingerprint density at radius 2 is 2.10 bits per heavy atom. The number of thiazole rings is 1. The molecule has 0 atom stereocenters. The number of aryl methyl sites for hydroxylation is 1. The molecule has 2 heterocycles. The summed E-state index contributed by atoms with van der Waals surface area (Å²) in [7, 11) is 0. The van der Waals surface area contributed by atoms with Crippen molar-refractivity contribution in [2.75, 3.05) is 13.2 Å². The molecule has 1 N–H and O–H groups in total. The van der Waals surface area contributed by atoms with Gasteiger partial charge in [0.2, 0.25) is 5.88 Å². The highest BCUT2D eigenvalue weighted by Gasteiger charge is 2.03. The molecule has 0 unspecified atom stereocenters. The van der Waals surface area contributed by atoms with Crippen LogP contribution in [0.2, 0.25) is 0 Å². The van der Waals surface area contributed by atoms with Crippen LogP contribution in [-0.4, -0.2) is 28.1 Å². The van der Waals surface area contributed by atoms with Gasteiger partial charge in [0.05, 0.1) is 35.9 Å². The van der Waals surface area contributed by atoms with Gasteiger partial charge in [0.15, 0.2) is 0 Å². The van der Waals surface area contributed by atoms with Gasteiger partial charge in [0.25, 0.3) is 0 Å². The van der Waals surface area contributed by atoms with E-state index in [1.165, 1.54) is 4.88 Å². The van der Waals surface area contributed by atoms with Gasteiger partial charge < -0.3 is 10.1 Å². The smallest absolute Gasteiger partial charge is 0.232 e. The Morgan fingerprint density at radius 1 is 1.24 bits per heavy atom. The van der Waals surface area contributed by atoms with E-state index in [9.17, 15) is 0 Å². The number of nitrogens with zero attached hydrogens (tertiary/aromatic N) is 3. The maximum atomic E-state index is 5.62. The summed E-state index contributed by atoms with van der Waals surface area (Å²) >= 11 is 1.66. The van der Waals surface area contributed by atoms with Gasteiger partial charge in [-0.1, -0.05) is 13.8 Å². The number of ether oxygens (including phenoxy) is 1. The molecular formula is C15H22N4OS. The van der Waals surface area contributed by atoms with Crippen LogP contribution < -0.4 is 10.1 Å². The average molecular weight is 306 g/mol. The first-order valence-corrected chi connectivity index (χ1v) is 8.06. The first kappa shape index (κ1) is 15.9. The minimum absolute atomic E-state index is 0.574. The standard InChI is InChI=1S/C15H22N4OS/c1-11(2)6-16-7-13-8-18-15(9-17-13)20-5-4-14-12(3)19-10-21-14/h8-11,16H,4-7H2,1-3H3. The van der Waals surface area contributed by atoms with Gasteiger partial charge >= 0.3 is 0 Å². The minimum atomic E-state index is 0.574. The normalized spacial score (nSPS) is 11.0. The van der Waals surface area contributed by atoms with E-state index in [1.807, 2.05) is 12.4 Å². The van der Waals surface area contributed by atoms with E-state index in [0.29, 0.717) is 18.4 Å². The van der Waals surface area contributed by atoms with Gasteiger partial charge in [0, 0.05) is 17.8 Å². The molecule has 0 radical (unpaired) electrons. The van der Waals surface area contributed by atoms with Crippen LogP contribution >= 0.6 is 11.3 Å². The summed E-state index contributed by atoms with van der Waals surface area (Å²) in [5, 5.41) is 3.34. The van der Waals surface area contributed by atoms with Gasteiger partial charge in [-0.15, -0.1) is 11.3 Å². The molecule has 0 aromatic carbocycles. The Labute approximate surface area is 129 Å². The molecule has 0 fully saturated rings. The molecule has 114 valence electrons. The lowest BCUT2D eigenvalue weighted by Crippen LogP contribution is -2.19. The summed E-state index contributed by atoms with van der Waals surface area (Å²) in [6.45, 7) is 8.70. The lowest BCUT2D eigenvalue weighted by Gasteiger charge is -2.07. The Hall–Kier alpha value is -1.53. The Kier molecular flexibility index (Phi) is 6.07. The fourth-order valence-electron chi connectivity index (χ4n) is 1.81. The Balaban J connectivity index is 1.73. The monoisotopic (exact) mass is 306 g/mol. The Bertz CT molecular complexity index is 539. The summed E-state index contributed by atoms with van der Waals surface area (Å²) in [5.41, 5.74) is 3.88. The second-order valence-corrected chi connectivity index (χ2v) is 6.27. The van der Waals surface area contributed by atoms with E-state index >= 15 is 0 Å². The second-order valence-electron chi connectivity index (χ2n) is 5.33. The molecule has 0 amide bonds. The number of hydrogen-bond donors (Lipinski definition) is 1. The van der Waals surface area contributed by atoms with Crippen LogP contribution in [0.3, 0.4) is 0 Å². The third-order valence-corrected chi connectivity index (χ3v) is 3.96. The van der Waals surface area contributed by atoms with Crippen molar-refractivity contribution in [1.82, 2.24) is 20.3 Å². The third-order valence-electron chi connectivity index (χ3n) is 2.96. The molecule has 5 nitrogen and oxygen atoms in total. The van der Waals surface area contributed by atoms with Crippen molar-refractivity contribution in [3.8, 4) is 5.88 Å². The number of hydrogen-bond acceptors (Lipinski definition) is 6. The number of nitrogens with one attached hydrogen (secondary N) is 1. The van der Waals surface area contributed by atoms with E-state index in [0.717, 1.165) is 30.9 Å². The van der Waals surface area contributed by atoms with Gasteiger partial charge in [0.1, 0.15) is 0 Å². The van der Waals surface area contributed by atoms with Gasteiger partial charge in [-0.25, -0.2) is 9.97 Å². The highest BCUT2D eigenvalue weighted by Crippen LogP contribution is 2.13. The van der Waals surface area contributed by atoms with Crippen molar-refractivity contribution in [2.45, 2.75) is 33.7 Å². The lowest BCUT2D eigenvalue weighted by atomic mass is 10.2. The van der Waals surface area contributed by atoms with Crippen LogP contribution in [0.5, 0.6) is 5.88 Å². The lowest BCUT2D eigenvalue weighted by molar-refractivity contribution is 0.308. The molecular weight excluding hydrogens is 284 g/mol. The summed E-state index contributed by atoms with van der Waals surface area (Å²) in [6.07, 6.45) is 4.31. The van der Waals surface area contributed by atoms with E-state index in [1.54, 1.807) is 23.7 Å². The first-order valence-electron chi connectivity index (χ1n) is 7.18. The molecule has 21 heavy (non-hydrogen) atoms. The predicted octanol–water partition coefficient (Wildman–Crippen LogP) is 2.61. The van der Waals surface area contributed by atoms with E-state index in [-0.39, 0.29) is 0 Å². The molecule has 0 saturated carbocycles. The van der Waals surface area contributed by atoms with Gasteiger partial charge in [-0.2, -0.15) is 0 Å². The highest BCUT2D eigenvalue weighted by atomic mass is 32.1. The van der Waals surface area contributed by atoms with Crippen molar-refractivity contribution in [2.24, 2.45) is 5.92 Å². The highest BCUT2D eigenvalue weighted by molar-refractivity contribution is 7.09. The maximum Gasteiger partial charge on any atom is 0.232 e. The maximum absolute atomic E-state index is 5.62. The van der Waals surface area contributed by atoms with Crippen molar-refractivity contribution >= 4 is 11.3 Å². The summed E-state index contributed by atoms with van der Waals surface area (Å²) in [6, 6.07) is 0. The zero-order chi connectivity index (χ0) is 15.1. The topological polar surface area (TPSA) is 59.9 Å². The van der Waals surface area contributed by atoms with Crippen molar-refractivity contribution in [3.63, 3.8) is 0 Å². The quantitative estimate of drug-likeness (QED) is 0.812. The molecule has 6 heteroatoms. The molecule has 0 bridgehead atoms. The SMILES string of the molecule is Cc1ncsc1CCOc1cnc(CNCC(C)C)cn1. The predicted molar refractivity (Wildman–Crippen MR) is 84.6 cm³/mol. The third kappa shape index (κ3) is 5.40. The molecule has 0 aliphatic heterocycles. The molecule has 2 aromatic heterocycles. The van der Waals surface area contributed by atoms with Gasteiger partial charge in [-0.3, -0.25) is 4.98 Å². The first-order chi connectivity index (χ1) is 10.1. The molecule has 0 aliphatic carbocycles. The van der Waals surface area contributed by atoms with Crippen molar-refractivity contribution < 1.29 is 4.74 Å². The van der Waals surface area contributed by atoms with Crippen LogP contribution in [0.25, 0.3) is 0 Å². The largest absolute Gasteiger partial charge is 0.476 e. The molecule has 2 aromatic rings. The van der Waals surface area contributed by atoms with Crippen molar-refractivity contribution in [3.05, 3.63) is 34.2 Å². The molecule has 0 aliphatic rings. The average Bonchev–Trinajstić information content (AvgIpc) is 2.86.